The summed E-state index contributed by atoms with van der Waals surface area (Å²) in [5, 5.41) is 0. The predicted molar refractivity (Wildman–Crippen MR) is 87.3 cm³/mol. The summed E-state index contributed by atoms with van der Waals surface area (Å²) >= 11 is 0. The Morgan fingerprint density at radius 3 is 2.45 bits per heavy atom. The topological polar surface area (TPSA) is 43.4 Å². The van der Waals surface area contributed by atoms with Crippen molar-refractivity contribution in [1.29, 1.82) is 0 Å². The van der Waals surface area contributed by atoms with Crippen LogP contribution in [-0.2, 0) is 9.84 Å². The lowest BCUT2D eigenvalue weighted by Gasteiger charge is -2.11. The molecule has 0 saturated heterocycles. The number of sulfone groups is 1. The zero-order chi connectivity index (χ0) is 15.6. The Bertz CT molecular complexity index is 788. The molecule has 4 heteroatoms. The first kappa shape index (κ1) is 14.9. The molecule has 0 atom stereocenters. The van der Waals surface area contributed by atoms with Crippen molar-refractivity contribution in [2.45, 2.75) is 17.7 Å². The number of allylic oxidation sites excluding steroid dienone is 1. The molecule has 22 heavy (non-hydrogen) atoms. The number of methoxy groups -OCH3 is 1. The van der Waals surface area contributed by atoms with E-state index in [4.69, 9.17) is 4.74 Å². The molecule has 1 aliphatic rings. The Hall–Kier alpha value is -2.07. The maximum absolute atomic E-state index is 13.0. The smallest absolute Gasteiger partial charge is 0.206 e. The van der Waals surface area contributed by atoms with Crippen LogP contribution in [0.5, 0.6) is 5.75 Å². The average molecular weight is 314 g/mol. The Morgan fingerprint density at radius 2 is 1.82 bits per heavy atom. The number of benzene rings is 2. The Labute approximate surface area is 131 Å². The Kier molecular flexibility index (Phi) is 4.03. The molecule has 0 spiro atoms. The van der Waals surface area contributed by atoms with Crippen molar-refractivity contribution in [2.24, 2.45) is 5.92 Å². The molecule has 3 nitrogen and oxygen atoms in total. The molecular weight excluding hydrogens is 296 g/mol. The van der Waals surface area contributed by atoms with Crippen molar-refractivity contribution in [1.82, 2.24) is 0 Å². The van der Waals surface area contributed by atoms with Gasteiger partial charge >= 0.3 is 0 Å². The predicted octanol–water partition coefficient (Wildman–Crippen LogP) is 3.92. The van der Waals surface area contributed by atoms with E-state index in [9.17, 15) is 8.42 Å². The number of rotatable bonds is 5. The zero-order valence-electron chi connectivity index (χ0n) is 12.4. The molecule has 0 N–H and O–H groups in total. The van der Waals surface area contributed by atoms with Crippen LogP contribution in [0.1, 0.15) is 18.4 Å². The maximum Gasteiger partial charge on any atom is 0.206 e. The highest BCUT2D eigenvalue weighted by Crippen LogP contribution is 2.37. The molecule has 114 valence electrons. The first-order valence-corrected chi connectivity index (χ1v) is 8.76. The minimum Gasteiger partial charge on any atom is -0.497 e. The molecular formula is C18H18O3S. The quantitative estimate of drug-likeness (QED) is 0.840. The van der Waals surface area contributed by atoms with Gasteiger partial charge in [0, 0.05) is 0 Å². The molecule has 3 rings (SSSR count). The molecule has 2 aromatic carbocycles. The van der Waals surface area contributed by atoms with E-state index < -0.39 is 9.84 Å². The number of hydrogen-bond acceptors (Lipinski definition) is 3. The van der Waals surface area contributed by atoms with Crippen molar-refractivity contribution in [3.05, 3.63) is 66.2 Å². The van der Waals surface area contributed by atoms with Gasteiger partial charge in [-0.15, -0.1) is 0 Å². The SMILES string of the molecule is COc1cccc(/C(=C\C2CC2)S(=O)(=O)c2ccccc2)c1. The highest BCUT2D eigenvalue weighted by Gasteiger charge is 2.27. The summed E-state index contributed by atoms with van der Waals surface area (Å²) in [5.74, 6) is 1.02. The van der Waals surface area contributed by atoms with Gasteiger partial charge in [-0.2, -0.15) is 0 Å². The molecule has 1 aliphatic carbocycles. The first-order valence-electron chi connectivity index (χ1n) is 7.27. The number of hydrogen-bond donors (Lipinski definition) is 0. The van der Waals surface area contributed by atoms with E-state index in [2.05, 4.69) is 0 Å². The molecule has 0 bridgehead atoms. The summed E-state index contributed by atoms with van der Waals surface area (Å²) in [6.07, 6.45) is 3.99. The van der Waals surface area contributed by atoms with Crippen molar-refractivity contribution in [2.75, 3.05) is 7.11 Å². The molecule has 1 fully saturated rings. The first-order chi connectivity index (χ1) is 10.6. The minimum absolute atomic E-state index is 0.324. The van der Waals surface area contributed by atoms with Gasteiger partial charge in [0.15, 0.2) is 0 Å². The summed E-state index contributed by atoms with van der Waals surface area (Å²) in [6.45, 7) is 0. The van der Waals surface area contributed by atoms with Crippen LogP contribution in [-0.4, -0.2) is 15.5 Å². The van der Waals surface area contributed by atoms with Gasteiger partial charge in [0.25, 0.3) is 0 Å². The molecule has 0 amide bonds. The van der Waals surface area contributed by atoms with Gasteiger partial charge < -0.3 is 4.74 Å². The van der Waals surface area contributed by atoms with Gasteiger partial charge in [0.1, 0.15) is 5.75 Å². The summed E-state index contributed by atoms with van der Waals surface area (Å²) in [6, 6.07) is 15.8. The highest BCUT2D eigenvalue weighted by atomic mass is 32.2. The van der Waals surface area contributed by atoms with Crippen molar-refractivity contribution < 1.29 is 13.2 Å². The number of ether oxygens (including phenoxy) is 1. The average Bonchev–Trinajstić information content (AvgIpc) is 3.37. The van der Waals surface area contributed by atoms with Crippen LogP contribution in [0, 0.1) is 5.92 Å². The second-order valence-corrected chi connectivity index (χ2v) is 7.33. The lowest BCUT2D eigenvalue weighted by atomic mass is 10.2. The van der Waals surface area contributed by atoms with Crippen LogP contribution >= 0.6 is 0 Å². The molecule has 0 unspecified atom stereocenters. The minimum atomic E-state index is -3.53. The van der Waals surface area contributed by atoms with E-state index in [1.54, 1.807) is 37.4 Å². The second-order valence-electron chi connectivity index (χ2n) is 5.42. The van der Waals surface area contributed by atoms with Crippen LogP contribution in [0.25, 0.3) is 4.91 Å². The van der Waals surface area contributed by atoms with Crippen LogP contribution in [0.2, 0.25) is 0 Å². The molecule has 0 radical (unpaired) electrons. The van der Waals surface area contributed by atoms with Gasteiger partial charge in [0.05, 0.1) is 16.9 Å². The summed E-state index contributed by atoms with van der Waals surface area (Å²) in [5.41, 5.74) is 0.676. The van der Waals surface area contributed by atoms with E-state index in [0.717, 1.165) is 12.8 Å². The summed E-state index contributed by atoms with van der Waals surface area (Å²) in [4.78, 5) is 0.699. The fourth-order valence-corrected chi connectivity index (χ4v) is 3.90. The third kappa shape index (κ3) is 3.07. The van der Waals surface area contributed by atoms with Gasteiger partial charge in [-0.1, -0.05) is 36.4 Å². The van der Waals surface area contributed by atoms with Gasteiger partial charge in [-0.3, -0.25) is 0 Å². The standard InChI is InChI=1S/C18H18O3S/c1-21-16-7-5-6-15(13-16)18(12-14-10-11-14)22(19,20)17-8-3-2-4-9-17/h2-9,12-14H,10-11H2,1H3/b18-12+. The fraction of sp³-hybridized carbons (Fsp3) is 0.222. The van der Waals surface area contributed by atoms with Crippen molar-refractivity contribution >= 4 is 14.7 Å². The fourth-order valence-electron chi connectivity index (χ4n) is 2.32. The molecule has 0 aromatic heterocycles. The summed E-state index contributed by atoms with van der Waals surface area (Å²) in [7, 11) is -1.95. The monoisotopic (exact) mass is 314 g/mol. The van der Waals surface area contributed by atoms with Crippen molar-refractivity contribution in [3.8, 4) is 5.75 Å². The molecule has 0 heterocycles. The van der Waals surface area contributed by atoms with Crippen LogP contribution in [0.4, 0.5) is 0 Å². The normalized spacial score (nSPS) is 15.6. The van der Waals surface area contributed by atoms with Crippen LogP contribution < -0.4 is 4.74 Å². The van der Waals surface area contributed by atoms with Crippen molar-refractivity contribution in [3.63, 3.8) is 0 Å². The molecule has 2 aromatic rings. The van der Waals surface area contributed by atoms with Crippen LogP contribution in [0.15, 0.2) is 65.6 Å². The zero-order valence-corrected chi connectivity index (χ0v) is 13.2. The van der Waals surface area contributed by atoms with Gasteiger partial charge in [-0.05, 0) is 48.6 Å². The van der Waals surface area contributed by atoms with E-state index in [-0.39, 0.29) is 0 Å². The highest BCUT2D eigenvalue weighted by molar-refractivity contribution is 8.00. The van der Waals surface area contributed by atoms with E-state index >= 15 is 0 Å². The Balaban J connectivity index is 2.11. The molecule has 0 aliphatic heterocycles. The third-order valence-electron chi connectivity index (χ3n) is 3.71. The summed E-state index contributed by atoms with van der Waals surface area (Å²) < 4.78 is 31.2. The largest absolute Gasteiger partial charge is 0.497 e. The van der Waals surface area contributed by atoms with E-state index in [0.29, 0.717) is 27.0 Å². The second kappa shape index (κ2) is 5.97. The van der Waals surface area contributed by atoms with Crippen LogP contribution in [0.3, 0.4) is 0 Å². The van der Waals surface area contributed by atoms with Gasteiger partial charge in [-0.25, -0.2) is 8.42 Å². The lowest BCUT2D eigenvalue weighted by Crippen LogP contribution is -2.05. The van der Waals surface area contributed by atoms with E-state index in [1.165, 1.54) is 0 Å². The third-order valence-corrected chi connectivity index (χ3v) is 5.55. The maximum atomic E-state index is 13.0. The Morgan fingerprint density at radius 1 is 1.09 bits per heavy atom. The van der Waals surface area contributed by atoms with E-state index in [1.807, 2.05) is 30.3 Å². The molecule has 1 saturated carbocycles. The lowest BCUT2D eigenvalue weighted by molar-refractivity contribution is 0.414. The van der Waals surface area contributed by atoms with Gasteiger partial charge in [0.2, 0.25) is 9.84 Å².